The van der Waals surface area contributed by atoms with Crippen LogP contribution in [0.2, 0.25) is 0 Å². The molecule has 0 radical (unpaired) electrons. The maximum absolute atomic E-state index is 4.42. The predicted octanol–water partition coefficient (Wildman–Crippen LogP) is 1.46. The Morgan fingerprint density at radius 1 is 1.21 bits per heavy atom. The van der Waals surface area contributed by atoms with Gasteiger partial charge in [-0.15, -0.1) is 0 Å². The monoisotopic (exact) mass is 186 g/mol. The van der Waals surface area contributed by atoms with E-state index in [0.717, 1.165) is 16.4 Å². The highest BCUT2D eigenvalue weighted by Gasteiger charge is 2.10. The maximum Gasteiger partial charge on any atom is 0.120 e. The lowest BCUT2D eigenvalue weighted by Crippen LogP contribution is -1.89. The van der Waals surface area contributed by atoms with Gasteiger partial charge in [-0.25, -0.2) is 0 Å². The van der Waals surface area contributed by atoms with Gasteiger partial charge in [0.05, 0.1) is 11.0 Å². The zero-order chi connectivity index (χ0) is 9.71. The summed E-state index contributed by atoms with van der Waals surface area (Å²) in [6.07, 6.45) is 5.70. The number of aromatic nitrogens is 4. The number of pyridine rings is 1. The number of hydrogen-bond donors (Lipinski definition) is 0. The first-order chi connectivity index (χ1) is 6.77. The Balaban J connectivity index is 2.65. The second kappa shape index (κ2) is 2.35. The van der Waals surface area contributed by atoms with Gasteiger partial charge >= 0.3 is 0 Å². The lowest BCUT2D eigenvalue weighted by Gasteiger charge is -1.95. The zero-order valence-electron chi connectivity index (χ0n) is 8.10. The fraction of sp³-hybridized carbons (Fsp3) is 0.200. The average Bonchev–Trinajstić information content (AvgIpc) is 2.68. The minimum atomic E-state index is 1.03. The van der Waals surface area contributed by atoms with E-state index in [-0.39, 0.29) is 0 Å². The molecule has 14 heavy (non-hydrogen) atoms. The van der Waals surface area contributed by atoms with E-state index in [9.17, 15) is 0 Å². The van der Waals surface area contributed by atoms with Gasteiger partial charge in [-0.2, -0.15) is 5.10 Å². The summed E-state index contributed by atoms with van der Waals surface area (Å²) in [5, 5.41) is 5.53. The Kier molecular flexibility index (Phi) is 1.27. The summed E-state index contributed by atoms with van der Waals surface area (Å²) in [6, 6.07) is 2.01. The van der Waals surface area contributed by atoms with E-state index in [1.54, 1.807) is 6.20 Å². The molecule has 4 heteroatoms. The van der Waals surface area contributed by atoms with Crippen LogP contribution >= 0.6 is 0 Å². The Hall–Kier alpha value is -1.84. The van der Waals surface area contributed by atoms with E-state index in [1.807, 2.05) is 37.2 Å². The molecule has 3 heterocycles. The van der Waals surface area contributed by atoms with Crippen molar-refractivity contribution in [3.63, 3.8) is 0 Å². The smallest absolute Gasteiger partial charge is 0.120 e. The fourth-order valence-corrected chi connectivity index (χ4v) is 1.91. The molecule has 0 aliphatic rings. The third kappa shape index (κ3) is 0.775. The third-order valence-corrected chi connectivity index (χ3v) is 2.59. The Bertz CT molecular complexity index is 617. The second-order valence-corrected chi connectivity index (χ2v) is 3.49. The molecule has 0 bridgehead atoms. The molecule has 4 nitrogen and oxygen atoms in total. The van der Waals surface area contributed by atoms with E-state index < -0.39 is 0 Å². The van der Waals surface area contributed by atoms with Gasteiger partial charge in [0.1, 0.15) is 5.52 Å². The Morgan fingerprint density at radius 3 is 2.93 bits per heavy atom. The van der Waals surface area contributed by atoms with Crippen LogP contribution in [0.25, 0.3) is 21.9 Å². The van der Waals surface area contributed by atoms with Gasteiger partial charge in [0, 0.05) is 38.1 Å². The third-order valence-electron chi connectivity index (χ3n) is 2.59. The molecule has 0 saturated heterocycles. The highest BCUT2D eigenvalue weighted by molar-refractivity contribution is 6.04. The molecule has 0 N–H and O–H groups in total. The van der Waals surface area contributed by atoms with Crippen molar-refractivity contribution in [1.82, 2.24) is 19.3 Å². The maximum atomic E-state index is 4.42. The van der Waals surface area contributed by atoms with Crippen molar-refractivity contribution in [2.75, 3.05) is 0 Å². The van der Waals surface area contributed by atoms with Crippen molar-refractivity contribution in [1.29, 1.82) is 0 Å². The highest BCUT2D eigenvalue weighted by atomic mass is 15.3. The summed E-state index contributed by atoms with van der Waals surface area (Å²) >= 11 is 0. The van der Waals surface area contributed by atoms with E-state index in [1.165, 1.54) is 5.52 Å². The van der Waals surface area contributed by atoms with Gasteiger partial charge in [-0.3, -0.25) is 9.67 Å². The molecule has 0 spiro atoms. The minimum absolute atomic E-state index is 1.03. The van der Waals surface area contributed by atoms with Gasteiger partial charge in [0.2, 0.25) is 0 Å². The number of rotatable bonds is 0. The number of nitrogens with zero attached hydrogens (tertiary/aromatic N) is 4. The van der Waals surface area contributed by atoms with E-state index in [0.29, 0.717) is 0 Å². The first kappa shape index (κ1) is 7.55. The second-order valence-electron chi connectivity index (χ2n) is 3.49. The van der Waals surface area contributed by atoms with Crippen LogP contribution in [-0.2, 0) is 14.1 Å². The molecule has 0 aliphatic heterocycles. The van der Waals surface area contributed by atoms with E-state index in [4.69, 9.17) is 0 Å². The summed E-state index contributed by atoms with van der Waals surface area (Å²) < 4.78 is 3.97. The lowest BCUT2D eigenvalue weighted by atomic mass is 10.3. The van der Waals surface area contributed by atoms with Crippen molar-refractivity contribution in [3.8, 4) is 0 Å². The van der Waals surface area contributed by atoms with Crippen molar-refractivity contribution < 1.29 is 0 Å². The van der Waals surface area contributed by atoms with Crippen molar-refractivity contribution >= 4 is 21.9 Å². The van der Waals surface area contributed by atoms with Crippen LogP contribution < -0.4 is 0 Å². The molecule has 0 fully saturated rings. The molecular formula is C10H10N4. The molecule has 3 aromatic rings. The van der Waals surface area contributed by atoms with Crippen LogP contribution in [0.1, 0.15) is 0 Å². The first-order valence-electron chi connectivity index (χ1n) is 4.49. The normalized spacial score (nSPS) is 11.6. The van der Waals surface area contributed by atoms with Crippen molar-refractivity contribution in [2.45, 2.75) is 0 Å². The van der Waals surface area contributed by atoms with Crippen LogP contribution in [0.4, 0.5) is 0 Å². The van der Waals surface area contributed by atoms with Gasteiger partial charge in [-0.05, 0) is 6.07 Å². The van der Waals surface area contributed by atoms with Gasteiger partial charge in [0.25, 0.3) is 0 Å². The van der Waals surface area contributed by atoms with Gasteiger partial charge in [0.15, 0.2) is 0 Å². The van der Waals surface area contributed by atoms with Crippen LogP contribution in [0.15, 0.2) is 24.7 Å². The standard InChI is InChI=1S/C10H10N4/c1-13-6-9-10(12-13)7-5-11-4-3-8(7)14(9)2/h3-6H,1-2H3. The van der Waals surface area contributed by atoms with E-state index in [2.05, 4.69) is 14.6 Å². The summed E-state index contributed by atoms with van der Waals surface area (Å²) in [6.45, 7) is 0. The molecular weight excluding hydrogens is 176 g/mol. The van der Waals surface area contributed by atoms with Crippen molar-refractivity contribution in [3.05, 3.63) is 24.7 Å². The van der Waals surface area contributed by atoms with Crippen LogP contribution in [-0.4, -0.2) is 19.3 Å². The van der Waals surface area contributed by atoms with Crippen LogP contribution in [0.3, 0.4) is 0 Å². The SMILES string of the molecule is Cn1cc2c(n1)c1cnccc1n2C. The number of aryl methyl sites for hydroxylation is 2. The Labute approximate surface area is 80.8 Å². The van der Waals surface area contributed by atoms with Gasteiger partial charge in [-0.1, -0.05) is 0 Å². The van der Waals surface area contributed by atoms with Crippen LogP contribution in [0.5, 0.6) is 0 Å². The number of fused-ring (bicyclic) bond motifs is 3. The number of hydrogen-bond acceptors (Lipinski definition) is 2. The summed E-state index contributed by atoms with van der Waals surface area (Å²) in [4.78, 5) is 4.12. The lowest BCUT2D eigenvalue weighted by molar-refractivity contribution is 0.778. The minimum Gasteiger partial charge on any atom is -0.341 e. The fourth-order valence-electron chi connectivity index (χ4n) is 1.91. The van der Waals surface area contributed by atoms with E-state index >= 15 is 0 Å². The zero-order valence-corrected chi connectivity index (χ0v) is 8.10. The summed E-state index contributed by atoms with van der Waals surface area (Å²) in [7, 11) is 3.98. The van der Waals surface area contributed by atoms with Crippen molar-refractivity contribution in [2.24, 2.45) is 14.1 Å². The van der Waals surface area contributed by atoms with Gasteiger partial charge < -0.3 is 4.57 Å². The Morgan fingerprint density at radius 2 is 2.07 bits per heavy atom. The molecule has 0 atom stereocenters. The molecule has 0 amide bonds. The first-order valence-corrected chi connectivity index (χ1v) is 4.49. The largest absolute Gasteiger partial charge is 0.341 e. The topological polar surface area (TPSA) is 35.6 Å². The molecule has 3 aromatic heterocycles. The molecule has 70 valence electrons. The molecule has 0 aliphatic carbocycles. The predicted molar refractivity (Wildman–Crippen MR) is 55.0 cm³/mol. The summed E-state index contributed by atoms with van der Waals surface area (Å²) in [5.41, 5.74) is 3.35. The van der Waals surface area contributed by atoms with Crippen LogP contribution in [0, 0.1) is 0 Å². The quantitative estimate of drug-likeness (QED) is 0.533. The average molecular weight is 186 g/mol. The molecule has 0 saturated carbocycles. The molecule has 0 aromatic carbocycles. The molecule has 3 rings (SSSR count). The summed E-state index contributed by atoms with van der Waals surface area (Å²) in [5.74, 6) is 0. The highest BCUT2D eigenvalue weighted by Crippen LogP contribution is 2.25. The molecule has 0 unspecified atom stereocenters.